The van der Waals surface area contributed by atoms with Gasteiger partial charge in [0.15, 0.2) is 0 Å². The number of benzene rings is 3. The van der Waals surface area contributed by atoms with E-state index >= 15 is 0 Å². The Morgan fingerprint density at radius 1 is 1.07 bits per heavy atom. The monoisotopic (exact) mass is 408 g/mol. The highest BCUT2D eigenvalue weighted by atomic mass is 35.5. The van der Waals surface area contributed by atoms with Crippen molar-refractivity contribution in [2.24, 2.45) is 0 Å². The molecule has 5 heteroatoms. The number of anilines is 2. The van der Waals surface area contributed by atoms with Crippen LogP contribution in [0.5, 0.6) is 0 Å². The van der Waals surface area contributed by atoms with Gasteiger partial charge >= 0.3 is 0 Å². The Bertz CT molecular complexity index is 1050. The van der Waals surface area contributed by atoms with Gasteiger partial charge in [-0.25, -0.2) is 4.39 Å². The van der Waals surface area contributed by atoms with E-state index in [1.54, 1.807) is 13.0 Å². The normalized spacial score (nSPS) is 18.3. The molecule has 2 atom stereocenters. The third kappa shape index (κ3) is 3.99. The van der Waals surface area contributed by atoms with Crippen molar-refractivity contribution in [1.82, 2.24) is 0 Å². The van der Waals surface area contributed by atoms with Crippen LogP contribution >= 0.6 is 11.6 Å². The third-order valence-electron chi connectivity index (χ3n) is 5.36. The van der Waals surface area contributed by atoms with Crippen molar-refractivity contribution in [3.05, 3.63) is 83.1 Å². The second-order valence-electron chi connectivity index (χ2n) is 7.46. The minimum Gasteiger partial charge on any atom is -0.378 e. The summed E-state index contributed by atoms with van der Waals surface area (Å²) in [5, 5.41) is 4.26. The first-order valence-electron chi connectivity index (χ1n) is 9.64. The number of hydrogen-bond donors (Lipinski definition) is 1. The zero-order chi connectivity index (χ0) is 20.5. The van der Waals surface area contributed by atoms with Crippen LogP contribution in [0.25, 0.3) is 11.1 Å². The van der Waals surface area contributed by atoms with Gasteiger partial charge in [-0.15, -0.1) is 0 Å². The minimum absolute atomic E-state index is 0.0159. The molecule has 1 N–H and O–H groups in total. The van der Waals surface area contributed by atoms with Crippen LogP contribution in [0.15, 0.2) is 66.7 Å². The van der Waals surface area contributed by atoms with Gasteiger partial charge in [0.1, 0.15) is 5.82 Å². The molecule has 0 saturated heterocycles. The molecule has 0 fully saturated rings. The Hall–Kier alpha value is -2.85. The lowest BCUT2D eigenvalue weighted by Gasteiger charge is -2.39. The molecule has 3 nitrogen and oxygen atoms in total. The van der Waals surface area contributed by atoms with Crippen LogP contribution in [-0.4, -0.2) is 11.9 Å². The summed E-state index contributed by atoms with van der Waals surface area (Å²) in [6, 6.07) is 20.2. The van der Waals surface area contributed by atoms with Crippen molar-refractivity contribution in [3.63, 3.8) is 0 Å². The molecule has 0 aromatic heterocycles. The number of carbonyl (C=O) groups is 1. The number of halogens is 2. The van der Waals surface area contributed by atoms with Crippen LogP contribution in [0, 0.1) is 5.82 Å². The molecule has 0 spiro atoms. The van der Waals surface area contributed by atoms with Crippen LogP contribution in [0.2, 0.25) is 5.02 Å². The Morgan fingerprint density at radius 2 is 1.79 bits per heavy atom. The maximum absolute atomic E-state index is 13.7. The Kier molecular flexibility index (Phi) is 5.29. The standard InChI is InChI=1S/C24H22ClFN2O/c1-15-12-23(27-21-9-7-19(25)8-10-21)22-14-18(17-4-3-5-20(26)13-17)6-11-24(22)28(15)16(2)29/h3-11,13-15,23,27H,12H2,1-2H3/t15-,23+/m1/s1. The van der Waals surface area contributed by atoms with Gasteiger partial charge in [0.05, 0.1) is 6.04 Å². The number of amides is 1. The highest BCUT2D eigenvalue weighted by Gasteiger charge is 2.32. The molecule has 0 radical (unpaired) electrons. The molecule has 148 valence electrons. The van der Waals surface area contributed by atoms with Crippen LogP contribution in [-0.2, 0) is 4.79 Å². The highest BCUT2D eigenvalue weighted by Crippen LogP contribution is 2.41. The third-order valence-corrected chi connectivity index (χ3v) is 5.61. The van der Waals surface area contributed by atoms with Crippen molar-refractivity contribution >= 4 is 28.9 Å². The van der Waals surface area contributed by atoms with Crippen molar-refractivity contribution in [1.29, 1.82) is 0 Å². The first-order chi connectivity index (χ1) is 13.9. The summed E-state index contributed by atoms with van der Waals surface area (Å²) in [4.78, 5) is 14.2. The van der Waals surface area contributed by atoms with E-state index in [0.29, 0.717) is 5.02 Å². The molecule has 0 saturated carbocycles. The molecule has 1 heterocycles. The quantitative estimate of drug-likeness (QED) is 0.540. The van der Waals surface area contributed by atoms with Gasteiger partial charge in [0.25, 0.3) is 0 Å². The SMILES string of the molecule is CC(=O)N1c2ccc(-c3cccc(F)c3)cc2[C@@H](Nc2ccc(Cl)cc2)C[C@H]1C. The fourth-order valence-corrected chi connectivity index (χ4v) is 4.20. The predicted molar refractivity (Wildman–Crippen MR) is 117 cm³/mol. The van der Waals surface area contributed by atoms with Gasteiger partial charge in [0, 0.05) is 29.4 Å². The summed E-state index contributed by atoms with van der Waals surface area (Å²) in [6.45, 7) is 3.65. The van der Waals surface area contributed by atoms with Crippen LogP contribution < -0.4 is 10.2 Å². The molecule has 1 amide bonds. The van der Waals surface area contributed by atoms with Gasteiger partial charge in [-0.2, -0.15) is 0 Å². The summed E-state index contributed by atoms with van der Waals surface area (Å²) in [5.74, 6) is -0.253. The maximum atomic E-state index is 13.7. The zero-order valence-corrected chi connectivity index (χ0v) is 17.1. The first kappa shape index (κ1) is 19.5. The number of nitrogens with one attached hydrogen (secondary N) is 1. The molecule has 0 bridgehead atoms. The second kappa shape index (κ2) is 7.88. The topological polar surface area (TPSA) is 32.3 Å². The number of fused-ring (bicyclic) bond motifs is 1. The van der Waals surface area contributed by atoms with E-state index in [4.69, 9.17) is 11.6 Å². The molecule has 3 aromatic rings. The van der Waals surface area contributed by atoms with Gasteiger partial charge < -0.3 is 10.2 Å². The van der Waals surface area contributed by atoms with Crippen molar-refractivity contribution < 1.29 is 9.18 Å². The highest BCUT2D eigenvalue weighted by molar-refractivity contribution is 6.30. The van der Waals surface area contributed by atoms with E-state index in [-0.39, 0.29) is 23.8 Å². The average molecular weight is 409 g/mol. The van der Waals surface area contributed by atoms with Crippen molar-refractivity contribution in [2.75, 3.05) is 10.2 Å². The van der Waals surface area contributed by atoms with Crippen LogP contribution in [0.3, 0.4) is 0 Å². The molecule has 0 aliphatic carbocycles. The Morgan fingerprint density at radius 3 is 2.48 bits per heavy atom. The summed E-state index contributed by atoms with van der Waals surface area (Å²) in [6.07, 6.45) is 0.766. The van der Waals surface area contributed by atoms with Gasteiger partial charge in [-0.3, -0.25) is 4.79 Å². The van der Waals surface area contributed by atoms with E-state index < -0.39 is 0 Å². The van der Waals surface area contributed by atoms with Crippen molar-refractivity contribution in [3.8, 4) is 11.1 Å². The largest absolute Gasteiger partial charge is 0.378 e. The molecule has 29 heavy (non-hydrogen) atoms. The lowest BCUT2D eigenvalue weighted by atomic mass is 9.89. The fraction of sp³-hybridized carbons (Fsp3) is 0.208. The molecule has 4 rings (SSSR count). The zero-order valence-electron chi connectivity index (χ0n) is 16.3. The molecular formula is C24H22ClFN2O. The van der Waals surface area contributed by atoms with E-state index in [2.05, 4.69) is 18.3 Å². The van der Waals surface area contributed by atoms with E-state index in [1.165, 1.54) is 12.1 Å². The average Bonchev–Trinajstić information content (AvgIpc) is 2.69. The van der Waals surface area contributed by atoms with Gasteiger partial charge in [0.2, 0.25) is 5.91 Å². The molecule has 1 aliphatic rings. The molecule has 3 aromatic carbocycles. The van der Waals surface area contributed by atoms with Crippen molar-refractivity contribution in [2.45, 2.75) is 32.4 Å². The molecular weight excluding hydrogens is 387 g/mol. The minimum atomic E-state index is -0.268. The van der Waals surface area contributed by atoms with Crippen LogP contribution in [0.1, 0.15) is 31.9 Å². The van der Waals surface area contributed by atoms with E-state index in [0.717, 1.165) is 34.5 Å². The number of hydrogen-bond acceptors (Lipinski definition) is 2. The number of carbonyl (C=O) groups excluding carboxylic acids is 1. The number of nitrogens with zero attached hydrogens (tertiary/aromatic N) is 1. The summed E-state index contributed by atoms with van der Waals surface area (Å²) >= 11 is 6.01. The Labute approximate surface area is 175 Å². The summed E-state index contributed by atoms with van der Waals surface area (Å²) in [5.41, 5.74) is 4.61. The fourth-order valence-electron chi connectivity index (χ4n) is 4.08. The molecule has 1 aliphatic heterocycles. The summed E-state index contributed by atoms with van der Waals surface area (Å²) < 4.78 is 13.7. The van der Waals surface area contributed by atoms with E-state index in [1.807, 2.05) is 47.4 Å². The lowest BCUT2D eigenvalue weighted by Crippen LogP contribution is -2.43. The maximum Gasteiger partial charge on any atom is 0.224 e. The van der Waals surface area contributed by atoms with Gasteiger partial charge in [-0.05, 0) is 78.6 Å². The predicted octanol–water partition coefficient (Wildman–Crippen LogP) is 6.44. The van der Waals surface area contributed by atoms with E-state index in [9.17, 15) is 9.18 Å². The van der Waals surface area contributed by atoms with Gasteiger partial charge in [-0.1, -0.05) is 29.8 Å². The Balaban J connectivity index is 1.78. The second-order valence-corrected chi connectivity index (χ2v) is 7.90. The lowest BCUT2D eigenvalue weighted by molar-refractivity contribution is -0.117. The smallest absolute Gasteiger partial charge is 0.224 e. The molecule has 0 unspecified atom stereocenters. The van der Waals surface area contributed by atoms with Crippen LogP contribution in [0.4, 0.5) is 15.8 Å². The number of rotatable bonds is 3. The summed E-state index contributed by atoms with van der Waals surface area (Å²) in [7, 11) is 0. The first-order valence-corrected chi connectivity index (χ1v) is 10.0.